The summed E-state index contributed by atoms with van der Waals surface area (Å²) < 4.78 is 0. The number of likely N-dealkylation sites (tertiary alicyclic amines) is 1. The lowest BCUT2D eigenvalue weighted by molar-refractivity contribution is -0.385. The lowest BCUT2D eigenvalue weighted by atomic mass is 10.0. The van der Waals surface area contributed by atoms with Gasteiger partial charge in [-0.25, -0.2) is 0 Å². The second-order valence-corrected chi connectivity index (χ2v) is 5.44. The van der Waals surface area contributed by atoms with Crippen molar-refractivity contribution in [2.45, 2.75) is 39.2 Å². The van der Waals surface area contributed by atoms with Crippen LogP contribution >= 0.6 is 0 Å². The molecule has 0 amide bonds. The molecule has 0 aromatic heterocycles. The highest BCUT2D eigenvalue weighted by Gasteiger charge is 2.17. The molecule has 1 aliphatic rings. The Morgan fingerprint density at radius 1 is 1.30 bits per heavy atom. The molecule has 5 heteroatoms. The molecule has 1 aromatic rings. The van der Waals surface area contributed by atoms with Crippen LogP contribution in [0, 0.1) is 10.1 Å². The number of ketones is 1. The standard InChI is InChI=1S/C15H20N2O3/c1-12(18)9-14-6-5-13(10-15(14)17(19)20)11-16-7-3-2-4-8-16/h5-6,10H,2-4,7-9,11H2,1H3. The SMILES string of the molecule is CC(=O)Cc1ccc(CN2CCCCC2)cc1[N+](=O)[O-]. The van der Waals surface area contributed by atoms with Gasteiger partial charge in [0.2, 0.25) is 0 Å². The normalized spacial score (nSPS) is 16.1. The third kappa shape index (κ3) is 3.87. The Balaban J connectivity index is 2.16. The number of hydrogen-bond donors (Lipinski definition) is 0. The van der Waals surface area contributed by atoms with Crippen LogP contribution in [0.5, 0.6) is 0 Å². The molecule has 1 fully saturated rings. The zero-order valence-electron chi connectivity index (χ0n) is 11.8. The van der Waals surface area contributed by atoms with Crippen molar-refractivity contribution in [3.05, 3.63) is 39.4 Å². The topological polar surface area (TPSA) is 63.5 Å². The van der Waals surface area contributed by atoms with E-state index < -0.39 is 4.92 Å². The van der Waals surface area contributed by atoms with E-state index in [2.05, 4.69) is 4.90 Å². The van der Waals surface area contributed by atoms with Crippen LogP contribution < -0.4 is 0 Å². The number of hydrogen-bond acceptors (Lipinski definition) is 4. The number of piperidine rings is 1. The van der Waals surface area contributed by atoms with Gasteiger partial charge in [0.1, 0.15) is 5.78 Å². The smallest absolute Gasteiger partial charge is 0.273 e. The Morgan fingerprint density at radius 3 is 2.60 bits per heavy atom. The summed E-state index contributed by atoms with van der Waals surface area (Å²) in [4.78, 5) is 24.2. The van der Waals surface area contributed by atoms with E-state index in [9.17, 15) is 14.9 Å². The first-order valence-corrected chi connectivity index (χ1v) is 7.04. The van der Waals surface area contributed by atoms with E-state index in [-0.39, 0.29) is 17.9 Å². The first-order valence-electron chi connectivity index (χ1n) is 7.04. The molecule has 0 N–H and O–H groups in total. The summed E-state index contributed by atoms with van der Waals surface area (Å²) in [6.45, 7) is 4.32. The minimum Gasteiger partial charge on any atom is -0.300 e. The first-order chi connectivity index (χ1) is 9.56. The summed E-state index contributed by atoms with van der Waals surface area (Å²) in [5, 5.41) is 11.1. The Hall–Kier alpha value is -1.75. The Labute approximate surface area is 118 Å². The first kappa shape index (κ1) is 14.7. The monoisotopic (exact) mass is 276 g/mol. The van der Waals surface area contributed by atoms with Gasteiger partial charge in [-0.1, -0.05) is 18.6 Å². The average Bonchev–Trinajstić information content (AvgIpc) is 2.41. The third-order valence-corrected chi connectivity index (χ3v) is 3.64. The molecular formula is C15H20N2O3. The predicted molar refractivity (Wildman–Crippen MR) is 76.6 cm³/mol. The van der Waals surface area contributed by atoms with Gasteiger partial charge in [-0.3, -0.25) is 19.8 Å². The third-order valence-electron chi connectivity index (χ3n) is 3.64. The fourth-order valence-electron chi connectivity index (χ4n) is 2.67. The minimum atomic E-state index is -0.391. The molecule has 0 bridgehead atoms. The van der Waals surface area contributed by atoms with E-state index in [1.807, 2.05) is 6.07 Å². The van der Waals surface area contributed by atoms with Crippen LogP contribution in [-0.2, 0) is 17.8 Å². The van der Waals surface area contributed by atoms with E-state index in [4.69, 9.17) is 0 Å². The molecule has 1 saturated heterocycles. The van der Waals surface area contributed by atoms with Gasteiger partial charge in [-0.2, -0.15) is 0 Å². The van der Waals surface area contributed by atoms with E-state index in [0.29, 0.717) is 5.56 Å². The summed E-state index contributed by atoms with van der Waals surface area (Å²) in [6.07, 6.45) is 3.80. The van der Waals surface area contributed by atoms with Crippen LogP contribution in [0.4, 0.5) is 5.69 Å². The van der Waals surface area contributed by atoms with Crippen molar-refractivity contribution in [2.75, 3.05) is 13.1 Å². The van der Waals surface area contributed by atoms with E-state index in [1.54, 1.807) is 12.1 Å². The lowest BCUT2D eigenvalue weighted by Gasteiger charge is -2.26. The molecule has 20 heavy (non-hydrogen) atoms. The zero-order chi connectivity index (χ0) is 14.5. The molecule has 1 heterocycles. The number of nitro groups is 1. The summed E-state index contributed by atoms with van der Waals surface area (Å²) in [6, 6.07) is 5.24. The number of nitro benzene ring substituents is 1. The number of benzene rings is 1. The fourth-order valence-corrected chi connectivity index (χ4v) is 2.67. The Morgan fingerprint density at radius 2 is 2.00 bits per heavy atom. The molecule has 1 aromatic carbocycles. The summed E-state index contributed by atoms with van der Waals surface area (Å²) in [5.74, 6) is -0.0584. The van der Waals surface area contributed by atoms with E-state index >= 15 is 0 Å². The van der Waals surface area contributed by atoms with Gasteiger partial charge in [0.15, 0.2) is 0 Å². The molecule has 0 saturated carbocycles. The molecule has 0 radical (unpaired) electrons. The van der Waals surface area contributed by atoms with Gasteiger partial charge in [-0.15, -0.1) is 0 Å². The largest absolute Gasteiger partial charge is 0.300 e. The maximum atomic E-state index is 11.2. The van der Waals surface area contributed by atoms with Gasteiger partial charge < -0.3 is 0 Å². The van der Waals surface area contributed by atoms with Gasteiger partial charge >= 0.3 is 0 Å². The van der Waals surface area contributed by atoms with Crippen molar-refractivity contribution in [3.63, 3.8) is 0 Å². The van der Waals surface area contributed by atoms with Crippen molar-refractivity contribution in [1.82, 2.24) is 4.90 Å². The molecule has 108 valence electrons. The molecule has 0 atom stereocenters. The average molecular weight is 276 g/mol. The minimum absolute atomic E-state index is 0.0584. The molecule has 2 rings (SSSR count). The highest BCUT2D eigenvalue weighted by molar-refractivity contribution is 5.79. The molecule has 0 unspecified atom stereocenters. The van der Waals surface area contributed by atoms with E-state index in [1.165, 1.54) is 26.2 Å². The summed E-state index contributed by atoms with van der Waals surface area (Å²) >= 11 is 0. The highest BCUT2D eigenvalue weighted by atomic mass is 16.6. The van der Waals surface area contributed by atoms with Crippen molar-refractivity contribution in [1.29, 1.82) is 0 Å². The maximum absolute atomic E-state index is 11.2. The molecule has 0 aliphatic carbocycles. The van der Waals surface area contributed by atoms with E-state index in [0.717, 1.165) is 25.2 Å². The van der Waals surface area contributed by atoms with Crippen LogP contribution in [0.2, 0.25) is 0 Å². The van der Waals surface area contributed by atoms with Gasteiger partial charge in [0, 0.05) is 24.6 Å². The number of rotatable bonds is 5. The predicted octanol–water partition coefficient (Wildman–Crippen LogP) is 2.71. The zero-order valence-corrected chi connectivity index (χ0v) is 11.8. The second-order valence-electron chi connectivity index (χ2n) is 5.44. The van der Waals surface area contributed by atoms with Crippen molar-refractivity contribution < 1.29 is 9.72 Å². The number of carbonyl (C=O) groups excluding carboxylic acids is 1. The molecule has 5 nitrogen and oxygen atoms in total. The summed E-state index contributed by atoms with van der Waals surface area (Å²) in [5.41, 5.74) is 1.52. The lowest BCUT2D eigenvalue weighted by Crippen LogP contribution is -2.29. The van der Waals surface area contributed by atoms with Gasteiger partial charge in [-0.05, 0) is 38.4 Å². The Bertz CT molecular complexity index is 508. The van der Waals surface area contributed by atoms with Crippen molar-refractivity contribution in [2.24, 2.45) is 0 Å². The van der Waals surface area contributed by atoms with Gasteiger partial charge in [0.25, 0.3) is 5.69 Å². The highest BCUT2D eigenvalue weighted by Crippen LogP contribution is 2.23. The maximum Gasteiger partial charge on any atom is 0.273 e. The number of carbonyl (C=O) groups is 1. The van der Waals surface area contributed by atoms with Crippen molar-refractivity contribution in [3.8, 4) is 0 Å². The van der Waals surface area contributed by atoms with Crippen LogP contribution in [0.1, 0.15) is 37.3 Å². The fraction of sp³-hybridized carbons (Fsp3) is 0.533. The van der Waals surface area contributed by atoms with Crippen LogP contribution in [0.15, 0.2) is 18.2 Å². The van der Waals surface area contributed by atoms with Crippen molar-refractivity contribution >= 4 is 11.5 Å². The molecular weight excluding hydrogens is 256 g/mol. The second kappa shape index (κ2) is 6.61. The van der Waals surface area contributed by atoms with Crippen LogP contribution in [0.3, 0.4) is 0 Å². The molecule has 1 aliphatic heterocycles. The van der Waals surface area contributed by atoms with Crippen LogP contribution in [0.25, 0.3) is 0 Å². The Kier molecular flexibility index (Phi) is 4.84. The quantitative estimate of drug-likeness (QED) is 0.612. The summed E-state index contributed by atoms with van der Waals surface area (Å²) in [7, 11) is 0. The number of Topliss-reactive ketones (excluding diaryl/α,β-unsaturated/α-hetero) is 1. The number of nitrogens with zero attached hydrogens (tertiary/aromatic N) is 2. The van der Waals surface area contributed by atoms with Gasteiger partial charge in [0.05, 0.1) is 4.92 Å². The van der Waals surface area contributed by atoms with Crippen LogP contribution in [-0.4, -0.2) is 28.7 Å². The molecule has 0 spiro atoms.